The first-order valence-electron chi connectivity index (χ1n) is 9.84. The number of nitrogens with one attached hydrogen (secondary N) is 1. The molecule has 0 saturated carbocycles. The van der Waals surface area contributed by atoms with Gasteiger partial charge in [-0.25, -0.2) is 9.50 Å². The number of carbonyl (C=O) groups excluding carboxylic acids is 2. The van der Waals surface area contributed by atoms with Gasteiger partial charge in [-0.1, -0.05) is 6.92 Å². The minimum Gasteiger partial charge on any atom is -0.356 e. The highest BCUT2D eigenvalue weighted by molar-refractivity contribution is 5.76. The highest BCUT2D eigenvalue weighted by Gasteiger charge is 2.28. The molecule has 2 aromatic heterocycles. The summed E-state index contributed by atoms with van der Waals surface area (Å²) in [6.45, 7) is 10.0. The molecule has 1 aliphatic rings. The Hall–Kier alpha value is -2.44. The van der Waals surface area contributed by atoms with E-state index in [4.69, 9.17) is 10.1 Å². The molecule has 0 aliphatic carbocycles. The van der Waals surface area contributed by atoms with Crippen LogP contribution >= 0.6 is 0 Å². The van der Waals surface area contributed by atoms with Crippen molar-refractivity contribution in [2.24, 2.45) is 0 Å². The molecule has 0 bridgehead atoms. The van der Waals surface area contributed by atoms with Crippen LogP contribution < -0.4 is 5.32 Å². The Morgan fingerprint density at radius 1 is 1.30 bits per heavy atom. The van der Waals surface area contributed by atoms with Gasteiger partial charge in [0.1, 0.15) is 0 Å². The van der Waals surface area contributed by atoms with Crippen molar-refractivity contribution in [2.45, 2.75) is 59.3 Å². The zero-order valence-electron chi connectivity index (χ0n) is 16.7. The molecule has 0 aromatic carbocycles. The third-order valence-corrected chi connectivity index (χ3v) is 5.42. The predicted molar refractivity (Wildman–Crippen MR) is 104 cm³/mol. The summed E-state index contributed by atoms with van der Waals surface area (Å²) in [6, 6.07) is 2.04. The summed E-state index contributed by atoms with van der Waals surface area (Å²) < 4.78 is 1.89. The largest absolute Gasteiger partial charge is 0.356 e. The number of aryl methyl sites for hydroxylation is 2. The SMILES string of the molecule is CCNC(=O)CCc1c(C)nc2cc([C@H]3CCN(C(=O)CC)C3)nn2c1C. The van der Waals surface area contributed by atoms with E-state index in [2.05, 4.69) is 5.32 Å². The summed E-state index contributed by atoms with van der Waals surface area (Å²) in [4.78, 5) is 30.4. The fraction of sp³-hybridized carbons (Fsp3) is 0.600. The van der Waals surface area contributed by atoms with E-state index in [1.165, 1.54) is 0 Å². The maximum atomic E-state index is 11.9. The van der Waals surface area contributed by atoms with Crippen LogP contribution in [0.1, 0.15) is 61.7 Å². The molecule has 1 aliphatic heterocycles. The fourth-order valence-corrected chi connectivity index (χ4v) is 3.88. The maximum absolute atomic E-state index is 11.9. The fourth-order valence-electron chi connectivity index (χ4n) is 3.88. The molecule has 2 amide bonds. The van der Waals surface area contributed by atoms with Crippen molar-refractivity contribution in [3.8, 4) is 0 Å². The Morgan fingerprint density at radius 2 is 2.07 bits per heavy atom. The molecule has 146 valence electrons. The lowest BCUT2D eigenvalue weighted by atomic mass is 10.1. The van der Waals surface area contributed by atoms with Crippen LogP contribution in [0, 0.1) is 13.8 Å². The first-order valence-corrected chi connectivity index (χ1v) is 9.84. The average Bonchev–Trinajstić information content (AvgIpc) is 3.28. The lowest BCUT2D eigenvalue weighted by Gasteiger charge is -2.14. The second kappa shape index (κ2) is 8.06. The van der Waals surface area contributed by atoms with Crippen LogP contribution in [0.15, 0.2) is 6.07 Å². The minimum absolute atomic E-state index is 0.0594. The minimum atomic E-state index is 0.0594. The van der Waals surface area contributed by atoms with Crippen LogP contribution in [0.3, 0.4) is 0 Å². The van der Waals surface area contributed by atoms with Gasteiger partial charge in [0.25, 0.3) is 0 Å². The number of likely N-dealkylation sites (tertiary alicyclic amines) is 1. The summed E-state index contributed by atoms with van der Waals surface area (Å²) in [7, 11) is 0. The zero-order valence-corrected chi connectivity index (χ0v) is 16.7. The number of hydrogen-bond donors (Lipinski definition) is 1. The summed E-state index contributed by atoms with van der Waals surface area (Å²) in [6.07, 6.45) is 2.60. The topological polar surface area (TPSA) is 79.6 Å². The van der Waals surface area contributed by atoms with Crippen molar-refractivity contribution < 1.29 is 9.59 Å². The van der Waals surface area contributed by atoms with Crippen LogP contribution in [-0.2, 0) is 16.0 Å². The van der Waals surface area contributed by atoms with Crippen LogP contribution in [0.25, 0.3) is 5.65 Å². The van der Waals surface area contributed by atoms with Crippen molar-refractivity contribution in [3.05, 3.63) is 28.7 Å². The third kappa shape index (κ3) is 3.96. The lowest BCUT2D eigenvalue weighted by Crippen LogP contribution is -2.27. The standard InChI is InChI=1S/C20H29N5O2/c1-5-20(27)24-10-9-15(12-24)17-11-18-22-13(3)16(14(4)25(18)23-17)7-8-19(26)21-6-2/h11,15H,5-10,12H2,1-4H3,(H,21,26)/t15-/m0/s1. The van der Waals surface area contributed by atoms with E-state index in [0.717, 1.165) is 47.8 Å². The predicted octanol–water partition coefficient (Wildman–Crippen LogP) is 2.14. The Kier molecular flexibility index (Phi) is 5.77. The van der Waals surface area contributed by atoms with Crippen LogP contribution in [0.4, 0.5) is 0 Å². The Morgan fingerprint density at radius 3 is 2.78 bits per heavy atom. The van der Waals surface area contributed by atoms with Crippen molar-refractivity contribution in [2.75, 3.05) is 19.6 Å². The van der Waals surface area contributed by atoms with Gasteiger partial charge in [-0.05, 0) is 39.2 Å². The molecule has 3 heterocycles. The molecule has 27 heavy (non-hydrogen) atoms. The molecule has 1 atom stereocenters. The van der Waals surface area contributed by atoms with Gasteiger partial charge in [0, 0.05) is 55.8 Å². The summed E-state index contributed by atoms with van der Waals surface area (Å²) in [5.74, 6) is 0.531. The number of carbonyl (C=O) groups is 2. The molecule has 0 radical (unpaired) electrons. The molecule has 7 nitrogen and oxygen atoms in total. The normalized spacial score (nSPS) is 16.9. The van der Waals surface area contributed by atoms with Crippen LogP contribution in [0.2, 0.25) is 0 Å². The number of hydrogen-bond acceptors (Lipinski definition) is 4. The molecular weight excluding hydrogens is 342 g/mol. The van der Waals surface area contributed by atoms with Gasteiger partial charge < -0.3 is 10.2 Å². The van der Waals surface area contributed by atoms with Gasteiger partial charge in [0.15, 0.2) is 5.65 Å². The summed E-state index contributed by atoms with van der Waals surface area (Å²) in [5, 5.41) is 7.63. The maximum Gasteiger partial charge on any atom is 0.222 e. The van der Waals surface area contributed by atoms with Gasteiger partial charge in [-0.15, -0.1) is 0 Å². The number of amides is 2. The molecule has 7 heteroatoms. The van der Waals surface area contributed by atoms with E-state index in [9.17, 15) is 9.59 Å². The zero-order chi connectivity index (χ0) is 19.6. The molecule has 1 saturated heterocycles. The van der Waals surface area contributed by atoms with E-state index in [-0.39, 0.29) is 17.7 Å². The van der Waals surface area contributed by atoms with Crippen molar-refractivity contribution in [1.29, 1.82) is 0 Å². The van der Waals surface area contributed by atoms with Crippen molar-refractivity contribution in [3.63, 3.8) is 0 Å². The van der Waals surface area contributed by atoms with Crippen LogP contribution in [0.5, 0.6) is 0 Å². The Bertz CT molecular complexity index is 858. The lowest BCUT2D eigenvalue weighted by molar-refractivity contribution is -0.129. The number of fused-ring (bicyclic) bond motifs is 1. The number of aromatic nitrogens is 3. The molecule has 0 unspecified atom stereocenters. The van der Waals surface area contributed by atoms with Gasteiger partial charge in [-0.3, -0.25) is 9.59 Å². The molecule has 1 N–H and O–H groups in total. The highest BCUT2D eigenvalue weighted by Crippen LogP contribution is 2.28. The van der Waals surface area contributed by atoms with Crippen molar-refractivity contribution >= 4 is 17.5 Å². The van der Waals surface area contributed by atoms with Gasteiger partial charge >= 0.3 is 0 Å². The molecular formula is C20H29N5O2. The van der Waals surface area contributed by atoms with Gasteiger partial charge in [-0.2, -0.15) is 5.10 Å². The Balaban J connectivity index is 1.82. The third-order valence-electron chi connectivity index (χ3n) is 5.42. The molecule has 2 aromatic rings. The van der Waals surface area contributed by atoms with E-state index in [1.54, 1.807) is 0 Å². The first-order chi connectivity index (χ1) is 12.9. The molecule has 1 fully saturated rings. The van der Waals surface area contributed by atoms with Crippen molar-refractivity contribution in [1.82, 2.24) is 24.8 Å². The number of rotatable bonds is 6. The van der Waals surface area contributed by atoms with Gasteiger partial charge in [0.05, 0.1) is 5.69 Å². The first kappa shape index (κ1) is 19.3. The van der Waals surface area contributed by atoms with E-state index >= 15 is 0 Å². The Labute approximate surface area is 160 Å². The van der Waals surface area contributed by atoms with E-state index in [0.29, 0.717) is 25.8 Å². The molecule has 0 spiro atoms. The number of nitrogens with zero attached hydrogens (tertiary/aromatic N) is 4. The monoisotopic (exact) mass is 371 g/mol. The van der Waals surface area contributed by atoms with E-state index in [1.807, 2.05) is 43.2 Å². The van der Waals surface area contributed by atoms with Gasteiger partial charge in [0.2, 0.25) is 11.8 Å². The van der Waals surface area contributed by atoms with Crippen LogP contribution in [-0.4, -0.2) is 50.9 Å². The highest BCUT2D eigenvalue weighted by atomic mass is 16.2. The smallest absolute Gasteiger partial charge is 0.222 e. The van der Waals surface area contributed by atoms with E-state index < -0.39 is 0 Å². The quantitative estimate of drug-likeness (QED) is 0.844. The summed E-state index contributed by atoms with van der Waals surface area (Å²) in [5.41, 5.74) is 4.90. The molecule has 3 rings (SSSR count). The average molecular weight is 371 g/mol. The second-order valence-corrected chi connectivity index (χ2v) is 7.23. The summed E-state index contributed by atoms with van der Waals surface area (Å²) >= 11 is 0. The second-order valence-electron chi connectivity index (χ2n) is 7.23.